The molecular weight excluding hydrogens is 298 g/mol. The molecule has 1 heterocycles. The average molecular weight is 325 g/mol. The molecule has 128 valence electrons. The first-order valence-corrected chi connectivity index (χ1v) is 8.37. The minimum Gasteiger partial charge on any atom is -0.370 e. The fourth-order valence-electron chi connectivity index (χ4n) is 2.21. The van der Waals surface area contributed by atoms with Crippen molar-refractivity contribution in [2.45, 2.75) is 40.0 Å². The van der Waals surface area contributed by atoms with E-state index >= 15 is 0 Å². The van der Waals surface area contributed by atoms with Gasteiger partial charge in [0.2, 0.25) is 0 Å². The fraction of sp³-hybridized carbons (Fsp3) is 0.400. The molecule has 0 saturated carbocycles. The first-order valence-electron chi connectivity index (χ1n) is 8.37. The molecule has 0 bridgehead atoms. The molecule has 2 N–H and O–H groups in total. The van der Waals surface area contributed by atoms with Crippen LogP contribution in [0.2, 0.25) is 0 Å². The van der Waals surface area contributed by atoms with Crippen molar-refractivity contribution in [3.05, 3.63) is 53.7 Å². The van der Waals surface area contributed by atoms with Crippen LogP contribution in [0.25, 0.3) is 0 Å². The van der Waals surface area contributed by atoms with Gasteiger partial charge in [0.25, 0.3) is 5.91 Å². The van der Waals surface area contributed by atoms with E-state index in [9.17, 15) is 4.79 Å². The van der Waals surface area contributed by atoms with Gasteiger partial charge in [0.15, 0.2) is 0 Å². The summed E-state index contributed by atoms with van der Waals surface area (Å²) in [5.41, 5.74) is 2.62. The van der Waals surface area contributed by atoms with Crippen LogP contribution in [-0.4, -0.2) is 17.4 Å². The molecule has 0 aliphatic heterocycles. The van der Waals surface area contributed by atoms with Crippen molar-refractivity contribution in [3.63, 3.8) is 0 Å². The smallest absolute Gasteiger partial charge is 0.255 e. The minimum atomic E-state index is -0.125. The Morgan fingerprint density at radius 3 is 2.25 bits per heavy atom. The quantitative estimate of drug-likeness (QED) is 0.838. The van der Waals surface area contributed by atoms with Gasteiger partial charge >= 0.3 is 0 Å². The Labute approximate surface area is 144 Å². The number of carbonyl (C=O) groups excluding carboxylic acids is 1. The molecule has 1 aromatic heterocycles. The summed E-state index contributed by atoms with van der Waals surface area (Å²) >= 11 is 0. The number of nitrogens with one attached hydrogen (secondary N) is 2. The number of aromatic nitrogens is 1. The Morgan fingerprint density at radius 2 is 1.75 bits per heavy atom. The van der Waals surface area contributed by atoms with E-state index in [0.29, 0.717) is 17.2 Å². The second-order valence-electron chi connectivity index (χ2n) is 7.49. The Kier molecular flexibility index (Phi) is 5.60. The van der Waals surface area contributed by atoms with Crippen LogP contribution in [0.3, 0.4) is 0 Å². The summed E-state index contributed by atoms with van der Waals surface area (Å²) < 4.78 is 0. The van der Waals surface area contributed by atoms with Gasteiger partial charge < -0.3 is 10.6 Å². The third kappa shape index (κ3) is 5.08. The van der Waals surface area contributed by atoms with Gasteiger partial charge in [0.05, 0.1) is 11.9 Å². The first kappa shape index (κ1) is 18.0. The molecule has 24 heavy (non-hydrogen) atoms. The van der Waals surface area contributed by atoms with Gasteiger partial charge in [-0.15, -0.1) is 0 Å². The number of hydrogen-bond acceptors (Lipinski definition) is 3. The molecule has 0 aliphatic carbocycles. The molecule has 2 aromatic rings. The van der Waals surface area contributed by atoms with E-state index in [2.05, 4.69) is 50.2 Å². The Balaban J connectivity index is 1.99. The van der Waals surface area contributed by atoms with E-state index in [1.165, 1.54) is 5.56 Å². The van der Waals surface area contributed by atoms with Gasteiger partial charge in [-0.3, -0.25) is 4.79 Å². The largest absolute Gasteiger partial charge is 0.370 e. The molecule has 0 fully saturated rings. The van der Waals surface area contributed by atoms with Gasteiger partial charge in [-0.25, -0.2) is 4.98 Å². The van der Waals surface area contributed by atoms with Crippen molar-refractivity contribution < 1.29 is 4.79 Å². The van der Waals surface area contributed by atoms with Gasteiger partial charge in [0.1, 0.15) is 5.82 Å². The van der Waals surface area contributed by atoms with Crippen LogP contribution in [0, 0.1) is 5.92 Å². The Bertz CT molecular complexity index is 668. The van der Waals surface area contributed by atoms with Crippen LogP contribution >= 0.6 is 0 Å². The molecule has 4 nitrogen and oxygen atoms in total. The monoisotopic (exact) mass is 325 g/mol. The molecular formula is C20H27N3O. The lowest BCUT2D eigenvalue weighted by Gasteiger charge is -2.19. The van der Waals surface area contributed by atoms with E-state index in [4.69, 9.17) is 0 Å². The van der Waals surface area contributed by atoms with Crippen molar-refractivity contribution in [2.24, 2.45) is 5.92 Å². The van der Waals surface area contributed by atoms with Gasteiger partial charge in [-0.2, -0.15) is 0 Å². The highest BCUT2D eigenvalue weighted by Gasteiger charge is 2.14. The molecule has 0 radical (unpaired) electrons. The molecule has 0 spiro atoms. The van der Waals surface area contributed by atoms with E-state index in [1.54, 1.807) is 6.20 Å². The molecule has 0 aliphatic rings. The van der Waals surface area contributed by atoms with Crippen LogP contribution < -0.4 is 10.6 Å². The summed E-state index contributed by atoms with van der Waals surface area (Å²) in [6.45, 7) is 11.6. The number of rotatable bonds is 5. The van der Waals surface area contributed by atoms with E-state index in [0.717, 1.165) is 12.4 Å². The van der Waals surface area contributed by atoms with Crippen LogP contribution in [0.5, 0.6) is 0 Å². The van der Waals surface area contributed by atoms with Crippen LogP contribution in [-0.2, 0) is 5.41 Å². The molecule has 0 unspecified atom stereocenters. The van der Waals surface area contributed by atoms with Crippen LogP contribution in [0.1, 0.15) is 50.5 Å². The third-order valence-electron chi connectivity index (χ3n) is 3.73. The third-order valence-corrected chi connectivity index (χ3v) is 3.73. The maximum Gasteiger partial charge on any atom is 0.255 e. The van der Waals surface area contributed by atoms with Crippen molar-refractivity contribution in [3.8, 4) is 0 Å². The lowest BCUT2D eigenvalue weighted by molar-refractivity contribution is 0.102. The van der Waals surface area contributed by atoms with Crippen LogP contribution in [0.4, 0.5) is 11.5 Å². The fourth-order valence-corrected chi connectivity index (χ4v) is 2.21. The predicted molar refractivity (Wildman–Crippen MR) is 101 cm³/mol. The second kappa shape index (κ2) is 7.47. The SMILES string of the molecule is CC(C)CNc1ccc(NC(=O)c2ccc(C(C)(C)C)cc2)cn1. The minimum absolute atomic E-state index is 0.0811. The summed E-state index contributed by atoms with van der Waals surface area (Å²) in [5, 5.41) is 6.13. The topological polar surface area (TPSA) is 54.0 Å². The summed E-state index contributed by atoms with van der Waals surface area (Å²) in [7, 11) is 0. The van der Waals surface area contributed by atoms with Gasteiger partial charge in [0, 0.05) is 12.1 Å². The molecule has 1 amide bonds. The van der Waals surface area contributed by atoms with Crippen molar-refractivity contribution in [1.82, 2.24) is 4.98 Å². The number of benzene rings is 1. The van der Waals surface area contributed by atoms with Crippen molar-refractivity contribution in [1.29, 1.82) is 0 Å². The number of hydrogen-bond donors (Lipinski definition) is 2. The Morgan fingerprint density at radius 1 is 1.08 bits per heavy atom. The molecule has 0 saturated heterocycles. The maximum atomic E-state index is 12.3. The summed E-state index contributed by atoms with van der Waals surface area (Å²) in [6, 6.07) is 11.5. The average Bonchev–Trinajstić information content (AvgIpc) is 2.53. The van der Waals surface area contributed by atoms with Gasteiger partial charge in [-0.1, -0.05) is 46.8 Å². The normalized spacial score (nSPS) is 11.4. The number of pyridine rings is 1. The highest BCUT2D eigenvalue weighted by atomic mass is 16.1. The zero-order chi connectivity index (χ0) is 17.7. The summed E-state index contributed by atoms with van der Waals surface area (Å²) in [6.07, 6.45) is 1.67. The molecule has 2 rings (SSSR count). The van der Waals surface area contributed by atoms with Crippen molar-refractivity contribution in [2.75, 3.05) is 17.2 Å². The first-order chi connectivity index (χ1) is 11.3. The summed E-state index contributed by atoms with van der Waals surface area (Å²) in [5.74, 6) is 1.25. The van der Waals surface area contributed by atoms with Crippen LogP contribution in [0.15, 0.2) is 42.6 Å². The summed E-state index contributed by atoms with van der Waals surface area (Å²) in [4.78, 5) is 16.6. The zero-order valence-electron chi connectivity index (χ0n) is 15.2. The predicted octanol–water partition coefficient (Wildman–Crippen LogP) is 4.70. The lowest BCUT2D eigenvalue weighted by atomic mass is 9.87. The molecule has 4 heteroatoms. The maximum absolute atomic E-state index is 12.3. The second-order valence-corrected chi connectivity index (χ2v) is 7.49. The van der Waals surface area contributed by atoms with Gasteiger partial charge in [-0.05, 0) is 41.2 Å². The van der Waals surface area contributed by atoms with E-state index in [1.807, 2.05) is 36.4 Å². The highest BCUT2D eigenvalue weighted by molar-refractivity contribution is 6.04. The molecule has 0 atom stereocenters. The van der Waals surface area contributed by atoms with E-state index in [-0.39, 0.29) is 11.3 Å². The lowest BCUT2D eigenvalue weighted by Crippen LogP contribution is -2.14. The van der Waals surface area contributed by atoms with E-state index < -0.39 is 0 Å². The molecule has 1 aromatic carbocycles. The Hall–Kier alpha value is -2.36. The number of carbonyl (C=O) groups is 1. The van der Waals surface area contributed by atoms with Crippen molar-refractivity contribution >= 4 is 17.4 Å². The number of nitrogens with zero attached hydrogens (tertiary/aromatic N) is 1. The highest BCUT2D eigenvalue weighted by Crippen LogP contribution is 2.22. The number of anilines is 2. The number of amides is 1. The standard InChI is InChI=1S/C20H27N3O/c1-14(2)12-21-18-11-10-17(13-22-18)23-19(24)15-6-8-16(9-7-15)20(3,4)5/h6-11,13-14H,12H2,1-5H3,(H,21,22)(H,23,24). The zero-order valence-corrected chi connectivity index (χ0v) is 15.2.